The Morgan fingerprint density at radius 1 is 1.05 bits per heavy atom. The zero-order valence-electron chi connectivity index (χ0n) is 10.9. The lowest BCUT2D eigenvalue weighted by Crippen LogP contribution is -2.54. The highest BCUT2D eigenvalue weighted by atomic mass is 16.7. The largest absolute Gasteiger partial charge is 0.479 e. The molecule has 0 saturated carbocycles. The normalized spacial score (nSPS) is 24.7. The first-order valence-electron chi connectivity index (χ1n) is 6.54. The van der Waals surface area contributed by atoms with Crippen molar-refractivity contribution in [2.75, 3.05) is 19.8 Å². The molecule has 2 aliphatic rings. The van der Waals surface area contributed by atoms with E-state index in [1.54, 1.807) is 0 Å². The summed E-state index contributed by atoms with van der Waals surface area (Å²) in [6.45, 7) is 1.04. The van der Waals surface area contributed by atoms with Gasteiger partial charge in [0, 0.05) is 13.0 Å². The summed E-state index contributed by atoms with van der Waals surface area (Å²) >= 11 is 0. The summed E-state index contributed by atoms with van der Waals surface area (Å²) < 4.78 is 20.8. The van der Waals surface area contributed by atoms with Gasteiger partial charge in [-0.3, -0.25) is 0 Å². The molecule has 0 aromatic carbocycles. The molecule has 2 rings (SSSR count). The van der Waals surface area contributed by atoms with Gasteiger partial charge in [0.15, 0.2) is 12.6 Å². The lowest BCUT2D eigenvalue weighted by Gasteiger charge is -2.32. The minimum absolute atomic E-state index is 0.305. The van der Waals surface area contributed by atoms with Crippen LogP contribution < -0.4 is 0 Å². The van der Waals surface area contributed by atoms with Gasteiger partial charge in [0.1, 0.15) is 0 Å². The summed E-state index contributed by atoms with van der Waals surface area (Å²) in [4.78, 5) is 22.9. The zero-order chi connectivity index (χ0) is 14.6. The summed E-state index contributed by atoms with van der Waals surface area (Å²) in [6.07, 6.45) is -0.0343. The van der Waals surface area contributed by atoms with E-state index in [-0.39, 0.29) is 0 Å². The number of hydrogen-bond acceptors (Lipinski definition) is 6. The first-order valence-corrected chi connectivity index (χ1v) is 6.54. The van der Waals surface area contributed by atoms with Crippen LogP contribution in [0.2, 0.25) is 0 Å². The summed E-state index contributed by atoms with van der Waals surface area (Å²) in [6, 6.07) is 0. The van der Waals surface area contributed by atoms with Crippen molar-refractivity contribution in [1.82, 2.24) is 0 Å². The van der Waals surface area contributed by atoms with E-state index in [4.69, 9.17) is 18.9 Å². The van der Waals surface area contributed by atoms with Crippen molar-refractivity contribution in [3.8, 4) is 0 Å². The van der Waals surface area contributed by atoms with Crippen LogP contribution in [0.3, 0.4) is 0 Å². The number of rotatable bonds is 6. The van der Waals surface area contributed by atoms with Gasteiger partial charge >= 0.3 is 11.9 Å². The molecule has 8 heteroatoms. The van der Waals surface area contributed by atoms with Gasteiger partial charge in [0.25, 0.3) is 5.60 Å². The van der Waals surface area contributed by atoms with Crippen molar-refractivity contribution in [3.05, 3.63) is 0 Å². The molecule has 0 amide bonds. The van der Waals surface area contributed by atoms with Crippen molar-refractivity contribution >= 4 is 11.9 Å². The average Bonchev–Trinajstić information content (AvgIpc) is 2.91. The van der Waals surface area contributed by atoms with Gasteiger partial charge < -0.3 is 29.2 Å². The van der Waals surface area contributed by atoms with Gasteiger partial charge in [-0.05, 0) is 19.3 Å². The Morgan fingerprint density at radius 2 is 1.70 bits per heavy atom. The Kier molecular flexibility index (Phi) is 4.92. The van der Waals surface area contributed by atoms with Crippen molar-refractivity contribution < 1.29 is 38.7 Å². The topological polar surface area (TPSA) is 112 Å². The van der Waals surface area contributed by atoms with Crippen LogP contribution in [0.1, 0.15) is 25.7 Å². The van der Waals surface area contributed by atoms with Crippen molar-refractivity contribution in [2.45, 2.75) is 43.9 Å². The Hall–Kier alpha value is -1.22. The maximum absolute atomic E-state index is 11.5. The third kappa shape index (κ3) is 3.26. The van der Waals surface area contributed by atoms with E-state index in [9.17, 15) is 19.8 Å². The van der Waals surface area contributed by atoms with Crippen LogP contribution in [-0.2, 0) is 28.5 Å². The molecular weight excluding hydrogens is 272 g/mol. The predicted molar refractivity (Wildman–Crippen MR) is 63.0 cm³/mol. The average molecular weight is 290 g/mol. The second-order valence-corrected chi connectivity index (χ2v) is 4.73. The fraction of sp³-hybridized carbons (Fsp3) is 0.833. The first-order chi connectivity index (χ1) is 9.54. The van der Waals surface area contributed by atoms with E-state index in [2.05, 4.69) is 0 Å². The predicted octanol–water partition coefficient (Wildman–Crippen LogP) is 0.201. The maximum atomic E-state index is 11.5. The molecule has 0 radical (unpaired) electrons. The van der Waals surface area contributed by atoms with E-state index in [0.717, 1.165) is 12.8 Å². The van der Waals surface area contributed by atoms with Gasteiger partial charge in [0.2, 0.25) is 0 Å². The fourth-order valence-corrected chi connectivity index (χ4v) is 2.20. The van der Waals surface area contributed by atoms with Crippen LogP contribution in [0.4, 0.5) is 0 Å². The van der Waals surface area contributed by atoms with Crippen molar-refractivity contribution in [3.63, 3.8) is 0 Å². The molecule has 2 heterocycles. The monoisotopic (exact) mass is 290 g/mol. The van der Waals surface area contributed by atoms with Crippen LogP contribution in [0, 0.1) is 0 Å². The number of carbonyl (C=O) groups is 2. The summed E-state index contributed by atoms with van der Waals surface area (Å²) in [5, 5.41) is 18.6. The summed E-state index contributed by atoms with van der Waals surface area (Å²) in [7, 11) is 0. The number of carboxylic acids is 2. The molecule has 0 aromatic rings. The molecule has 20 heavy (non-hydrogen) atoms. The molecule has 0 aromatic heterocycles. The molecule has 1 unspecified atom stereocenters. The third-order valence-electron chi connectivity index (χ3n) is 3.31. The van der Waals surface area contributed by atoms with Crippen molar-refractivity contribution in [1.29, 1.82) is 0 Å². The second-order valence-electron chi connectivity index (χ2n) is 4.73. The minimum atomic E-state index is -2.42. The smallest absolute Gasteiger partial charge is 0.348 e. The minimum Gasteiger partial charge on any atom is -0.479 e. The van der Waals surface area contributed by atoms with Gasteiger partial charge in [-0.25, -0.2) is 9.59 Å². The molecule has 1 atom stereocenters. The molecule has 0 aliphatic carbocycles. The van der Waals surface area contributed by atoms with Gasteiger partial charge in [-0.1, -0.05) is 0 Å². The first kappa shape index (κ1) is 15.2. The second kappa shape index (κ2) is 6.49. The molecule has 2 aliphatic heterocycles. The lowest BCUT2D eigenvalue weighted by molar-refractivity contribution is -0.247. The van der Waals surface area contributed by atoms with Crippen LogP contribution in [0.25, 0.3) is 0 Å². The highest BCUT2D eigenvalue weighted by Crippen LogP contribution is 2.28. The van der Waals surface area contributed by atoms with Crippen LogP contribution in [0.5, 0.6) is 0 Å². The lowest BCUT2D eigenvalue weighted by atomic mass is 9.99. The molecule has 2 fully saturated rings. The van der Waals surface area contributed by atoms with E-state index < -0.39 is 36.5 Å². The molecule has 0 bridgehead atoms. The van der Waals surface area contributed by atoms with Gasteiger partial charge in [0.05, 0.1) is 13.2 Å². The van der Waals surface area contributed by atoms with Crippen LogP contribution in [0.15, 0.2) is 0 Å². The quantitative estimate of drug-likeness (QED) is 0.667. The van der Waals surface area contributed by atoms with E-state index >= 15 is 0 Å². The Morgan fingerprint density at radius 3 is 2.20 bits per heavy atom. The van der Waals surface area contributed by atoms with Crippen LogP contribution in [-0.4, -0.2) is 60.2 Å². The number of carboxylic acid groups (broad SMARTS) is 2. The molecule has 2 saturated heterocycles. The van der Waals surface area contributed by atoms with Gasteiger partial charge in [-0.2, -0.15) is 0 Å². The Balaban J connectivity index is 2.12. The zero-order valence-corrected chi connectivity index (χ0v) is 10.9. The fourth-order valence-electron chi connectivity index (χ4n) is 2.20. The van der Waals surface area contributed by atoms with E-state index in [1.165, 1.54) is 0 Å². The number of aliphatic carboxylic acids is 2. The summed E-state index contributed by atoms with van der Waals surface area (Å²) in [5.74, 6) is -3.17. The molecule has 0 spiro atoms. The van der Waals surface area contributed by atoms with Crippen LogP contribution >= 0.6 is 0 Å². The molecule has 114 valence electrons. The molecule has 2 N–H and O–H groups in total. The van der Waals surface area contributed by atoms with Crippen molar-refractivity contribution in [2.24, 2.45) is 0 Å². The Bertz CT molecular complexity index is 342. The SMILES string of the molecule is O=C(O)C(CC1OCCO1)(OC1CCCCO1)C(=O)O. The molecular formula is C12H18O8. The number of ether oxygens (including phenoxy) is 4. The highest BCUT2D eigenvalue weighted by molar-refractivity contribution is 6.01. The van der Waals surface area contributed by atoms with E-state index in [1.807, 2.05) is 0 Å². The van der Waals surface area contributed by atoms with E-state index in [0.29, 0.717) is 26.2 Å². The standard InChI is InChI=1S/C12H18O8/c13-10(14)12(11(15)16,7-9-18-5-6-19-9)20-8-3-1-2-4-17-8/h8-9H,1-7H2,(H,13,14)(H,15,16). The maximum Gasteiger partial charge on any atom is 0.348 e. The van der Waals surface area contributed by atoms with Gasteiger partial charge in [-0.15, -0.1) is 0 Å². The highest BCUT2D eigenvalue weighted by Gasteiger charge is 2.52. The molecule has 8 nitrogen and oxygen atoms in total. The Labute approximate surface area is 115 Å². The summed E-state index contributed by atoms with van der Waals surface area (Å²) in [5.41, 5.74) is -2.42. The third-order valence-corrected chi connectivity index (χ3v) is 3.31. The number of hydrogen-bond donors (Lipinski definition) is 2.